The van der Waals surface area contributed by atoms with E-state index in [1.165, 1.54) is 25.7 Å². The number of rotatable bonds is 31. The summed E-state index contributed by atoms with van der Waals surface area (Å²) in [6.45, 7) is 6.27. The van der Waals surface area contributed by atoms with E-state index in [0.29, 0.717) is 19.3 Å². The number of unbranched alkanes of at least 4 members (excludes halogenated alkanes) is 10. The van der Waals surface area contributed by atoms with E-state index in [1.54, 1.807) is 0 Å². The maximum atomic E-state index is 12.4. The SMILES string of the molecule is CC/C=C\C/C=C\C/C=C\C/C=C\C/C=C\CCCC(=O)OCC(COC(=O)CCCCCCC)OC(=O)CCCCCCCC. The fourth-order valence-electron chi connectivity index (χ4n) is 4.53. The summed E-state index contributed by atoms with van der Waals surface area (Å²) >= 11 is 0. The number of carbonyl (C=O) groups is 3. The third-order valence-electron chi connectivity index (χ3n) is 7.29. The van der Waals surface area contributed by atoms with E-state index in [9.17, 15) is 14.4 Å². The molecule has 0 saturated heterocycles. The molecule has 0 saturated carbocycles. The molecule has 0 rings (SSSR count). The molecular formula is C40H66O6. The molecule has 0 heterocycles. The highest BCUT2D eigenvalue weighted by Crippen LogP contribution is 2.10. The van der Waals surface area contributed by atoms with Crippen LogP contribution in [0.1, 0.15) is 156 Å². The second kappa shape index (κ2) is 35.0. The molecule has 0 bridgehead atoms. The van der Waals surface area contributed by atoms with Gasteiger partial charge in [0.05, 0.1) is 0 Å². The van der Waals surface area contributed by atoms with Gasteiger partial charge in [0.2, 0.25) is 0 Å². The number of hydrogen-bond donors (Lipinski definition) is 0. The van der Waals surface area contributed by atoms with Crippen LogP contribution < -0.4 is 0 Å². The van der Waals surface area contributed by atoms with Gasteiger partial charge < -0.3 is 14.2 Å². The topological polar surface area (TPSA) is 78.9 Å². The van der Waals surface area contributed by atoms with Crippen molar-refractivity contribution in [1.29, 1.82) is 0 Å². The van der Waals surface area contributed by atoms with Gasteiger partial charge in [-0.25, -0.2) is 0 Å². The van der Waals surface area contributed by atoms with Crippen LogP contribution in [0, 0.1) is 0 Å². The fourth-order valence-corrected chi connectivity index (χ4v) is 4.53. The Balaban J connectivity index is 4.32. The average molecular weight is 643 g/mol. The number of ether oxygens (including phenoxy) is 3. The predicted molar refractivity (Wildman–Crippen MR) is 191 cm³/mol. The summed E-state index contributed by atoms with van der Waals surface area (Å²) in [5.74, 6) is -0.992. The Morgan fingerprint density at radius 1 is 0.457 bits per heavy atom. The van der Waals surface area contributed by atoms with Crippen LogP contribution in [-0.2, 0) is 28.6 Å². The van der Waals surface area contributed by atoms with Gasteiger partial charge in [0.25, 0.3) is 0 Å². The van der Waals surface area contributed by atoms with Crippen LogP contribution in [-0.4, -0.2) is 37.2 Å². The van der Waals surface area contributed by atoms with Crippen molar-refractivity contribution in [1.82, 2.24) is 0 Å². The van der Waals surface area contributed by atoms with Crippen LogP contribution in [0.4, 0.5) is 0 Å². The lowest BCUT2D eigenvalue weighted by molar-refractivity contribution is -0.167. The average Bonchev–Trinajstić information content (AvgIpc) is 3.05. The number of hydrogen-bond acceptors (Lipinski definition) is 6. The first-order valence-corrected chi connectivity index (χ1v) is 18.3. The van der Waals surface area contributed by atoms with Gasteiger partial charge in [-0.2, -0.15) is 0 Å². The van der Waals surface area contributed by atoms with E-state index in [4.69, 9.17) is 14.2 Å². The Labute approximate surface area is 281 Å². The van der Waals surface area contributed by atoms with Crippen molar-refractivity contribution >= 4 is 17.9 Å². The van der Waals surface area contributed by atoms with E-state index in [1.807, 2.05) is 0 Å². The Morgan fingerprint density at radius 2 is 0.848 bits per heavy atom. The molecular weight excluding hydrogens is 576 g/mol. The molecule has 1 unspecified atom stereocenters. The predicted octanol–water partition coefficient (Wildman–Crippen LogP) is 11.0. The lowest BCUT2D eigenvalue weighted by Gasteiger charge is -2.18. The van der Waals surface area contributed by atoms with Crippen LogP contribution in [0.25, 0.3) is 0 Å². The number of esters is 3. The minimum Gasteiger partial charge on any atom is -0.462 e. The third-order valence-corrected chi connectivity index (χ3v) is 7.29. The summed E-state index contributed by atoms with van der Waals surface area (Å²) in [6, 6.07) is 0. The van der Waals surface area contributed by atoms with Gasteiger partial charge in [-0.15, -0.1) is 0 Å². The molecule has 0 aliphatic rings. The van der Waals surface area contributed by atoms with Gasteiger partial charge in [0.1, 0.15) is 13.2 Å². The van der Waals surface area contributed by atoms with Crippen molar-refractivity contribution in [2.24, 2.45) is 0 Å². The largest absolute Gasteiger partial charge is 0.462 e. The smallest absolute Gasteiger partial charge is 0.306 e. The molecule has 0 aromatic carbocycles. The first-order chi connectivity index (χ1) is 22.5. The fraction of sp³-hybridized carbons (Fsp3) is 0.675. The van der Waals surface area contributed by atoms with Crippen molar-refractivity contribution in [2.75, 3.05) is 13.2 Å². The maximum absolute atomic E-state index is 12.4. The Kier molecular flexibility index (Phi) is 32.8. The molecule has 0 N–H and O–H groups in total. The lowest BCUT2D eigenvalue weighted by atomic mass is 10.1. The number of allylic oxidation sites excluding steroid dienone is 10. The van der Waals surface area contributed by atoms with E-state index in [0.717, 1.165) is 83.5 Å². The highest BCUT2D eigenvalue weighted by Gasteiger charge is 2.19. The van der Waals surface area contributed by atoms with Gasteiger partial charge in [-0.1, -0.05) is 139 Å². The maximum Gasteiger partial charge on any atom is 0.306 e. The molecule has 1 atom stereocenters. The van der Waals surface area contributed by atoms with Crippen LogP contribution >= 0.6 is 0 Å². The zero-order chi connectivity index (χ0) is 33.8. The van der Waals surface area contributed by atoms with Crippen molar-refractivity contribution in [3.63, 3.8) is 0 Å². The second-order valence-electron chi connectivity index (χ2n) is 11.8. The zero-order valence-corrected chi connectivity index (χ0v) is 29.6. The Bertz CT molecular complexity index is 882. The van der Waals surface area contributed by atoms with Crippen molar-refractivity contribution < 1.29 is 28.6 Å². The van der Waals surface area contributed by atoms with Crippen molar-refractivity contribution in [3.8, 4) is 0 Å². The Morgan fingerprint density at radius 3 is 1.33 bits per heavy atom. The summed E-state index contributed by atoms with van der Waals surface area (Å²) in [5, 5.41) is 0. The molecule has 6 heteroatoms. The second-order valence-corrected chi connectivity index (χ2v) is 11.8. The van der Waals surface area contributed by atoms with Crippen LogP contribution in [0.15, 0.2) is 60.8 Å². The molecule has 0 radical (unpaired) electrons. The molecule has 0 aromatic heterocycles. The molecule has 6 nitrogen and oxygen atoms in total. The zero-order valence-electron chi connectivity index (χ0n) is 29.6. The van der Waals surface area contributed by atoms with Crippen molar-refractivity contribution in [2.45, 2.75) is 162 Å². The molecule has 46 heavy (non-hydrogen) atoms. The quantitative estimate of drug-likeness (QED) is 0.0324. The summed E-state index contributed by atoms with van der Waals surface area (Å²) in [5.41, 5.74) is 0. The molecule has 0 aromatic rings. The minimum absolute atomic E-state index is 0.0939. The van der Waals surface area contributed by atoms with Gasteiger partial charge >= 0.3 is 17.9 Å². The van der Waals surface area contributed by atoms with E-state index in [2.05, 4.69) is 81.5 Å². The lowest BCUT2D eigenvalue weighted by Crippen LogP contribution is -2.30. The third kappa shape index (κ3) is 32.5. The van der Waals surface area contributed by atoms with Crippen LogP contribution in [0.3, 0.4) is 0 Å². The Hall–Kier alpha value is -2.89. The van der Waals surface area contributed by atoms with Gasteiger partial charge in [0.15, 0.2) is 6.10 Å². The number of carbonyl (C=O) groups excluding carboxylic acids is 3. The minimum atomic E-state index is -0.786. The highest BCUT2D eigenvalue weighted by atomic mass is 16.6. The summed E-state index contributed by atoms with van der Waals surface area (Å²) < 4.78 is 16.3. The molecule has 262 valence electrons. The molecule has 0 spiro atoms. The van der Waals surface area contributed by atoms with E-state index < -0.39 is 6.10 Å². The summed E-state index contributed by atoms with van der Waals surface area (Å²) in [6.07, 6.45) is 39.7. The first-order valence-electron chi connectivity index (χ1n) is 18.3. The van der Waals surface area contributed by atoms with Crippen molar-refractivity contribution in [3.05, 3.63) is 60.8 Å². The molecule has 0 fully saturated rings. The standard InChI is InChI=1S/C40H66O6/c1-4-7-10-13-15-16-17-18-19-20-21-22-23-24-25-28-30-33-39(42)45-36-37(35-44-38(41)32-29-26-12-9-6-3)46-40(43)34-31-27-14-11-8-5-2/h7,10,15-16,18-19,21-22,24-25,37H,4-6,8-9,11-14,17,20,23,26-36H2,1-3H3/b10-7-,16-15-,19-18-,22-21-,25-24-. The van der Waals surface area contributed by atoms with Gasteiger partial charge in [-0.3, -0.25) is 14.4 Å². The highest BCUT2D eigenvalue weighted by molar-refractivity contribution is 5.71. The first kappa shape index (κ1) is 43.1. The van der Waals surface area contributed by atoms with Gasteiger partial charge in [-0.05, 0) is 57.8 Å². The molecule has 0 aliphatic carbocycles. The molecule has 0 amide bonds. The monoisotopic (exact) mass is 642 g/mol. The summed E-state index contributed by atoms with van der Waals surface area (Å²) in [4.78, 5) is 37.0. The van der Waals surface area contributed by atoms with E-state index >= 15 is 0 Å². The van der Waals surface area contributed by atoms with Crippen LogP contribution in [0.5, 0.6) is 0 Å². The van der Waals surface area contributed by atoms with Crippen LogP contribution in [0.2, 0.25) is 0 Å². The summed E-state index contributed by atoms with van der Waals surface area (Å²) in [7, 11) is 0. The molecule has 0 aliphatic heterocycles. The van der Waals surface area contributed by atoms with E-state index in [-0.39, 0.29) is 37.5 Å². The normalized spacial score (nSPS) is 12.7. The van der Waals surface area contributed by atoms with Gasteiger partial charge in [0, 0.05) is 19.3 Å².